The molecule has 25 heavy (non-hydrogen) atoms. The van der Waals surface area contributed by atoms with E-state index in [1.54, 1.807) is 18.2 Å². The van der Waals surface area contributed by atoms with Gasteiger partial charge in [-0.25, -0.2) is 8.42 Å². The number of imide groups is 1. The van der Waals surface area contributed by atoms with Crippen LogP contribution in [0.5, 0.6) is 0 Å². The maximum absolute atomic E-state index is 12.1. The minimum Gasteiger partial charge on any atom is -0.324 e. The summed E-state index contributed by atoms with van der Waals surface area (Å²) in [5, 5.41) is 2.63. The fourth-order valence-electron chi connectivity index (χ4n) is 3.11. The summed E-state index contributed by atoms with van der Waals surface area (Å²) in [7, 11) is -3.39. The first-order chi connectivity index (χ1) is 11.8. The summed E-state index contributed by atoms with van der Waals surface area (Å²) in [6.07, 6.45) is 2.93. The second kappa shape index (κ2) is 6.47. The number of carbonyl (C=O) groups excluding carboxylic acids is 3. The number of amides is 3. The van der Waals surface area contributed by atoms with Crippen molar-refractivity contribution in [3.05, 3.63) is 23.8 Å². The van der Waals surface area contributed by atoms with E-state index in [0.717, 1.165) is 29.6 Å². The Bertz CT molecular complexity index is 833. The van der Waals surface area contributed by atoms with Crippen LogP contribution in [0, 0.1) is 0 Å². The summed E-state index contributed by atoms with van der Waals surface area (Å²) >= 11 is 0. The fraction of sp³-hybridized carbons (Fsp3) is 0.438. The Morgan fingerprint density at radius 3 is 2.48 bits per heavy atom. The number of benzene rings is 1. The van der Waals surface area contributed by atoms with Gasteiger partial charge in [-0.1, -0.05) is 6.07 Å². The predicted octanol–water partition coefficient (Wildman–Crippen LogP) is 0.486. The van der Waals surface area contributed by atoms with Gasteiger partial charge in [0.05, 0.1) is 11.9 Å². The lowest BCUT2D eigenvalue weighted by atomic mass is 10.0. The number of nitrogens with zero attached hydrogens (tertiary/aromatic N) is 2. The molecule has 0 aromatic heterocycles. The molecule has 1 N–H and O–H groups in total. The van der Waals surface area contributed by atoms with Crippen molar-refractivity contribution in [2.75, 3.05) is 29.0 Å². The Morgan fingerprint density at radius 2 is 1.84 bits per heavy atom. The SMILES string of the molecule is CS(=O)(=O)N1CCCc2ccc(NC(=O)CN3C(=O)CCC3=O)cc21. The van der Waals surface area contributed by atoms with E-state index in [1.807, 2.05) is 0 Å². The van der Waals surface area contributed by atoms with Crippen LogP contribution in [0.15, 0.2) is 18.2 Å². The lowest BCUT2D eigenvalue weighted by Crippen LogP contribution is -2.37. The molecule has 0 radical (unpaired) electrons. The van der Waals surface area contributed by atoms with Gasteiger partial charge in [0.25, 0.3) is 0 Å². The van der Waals surface area contributed by atoms with Crippen molar-refractivity contribution >= 4 is 39.1 Å². The van der Waals surface area contributed by atoms with E-state index in [0.29, 0.717) is 17.9 Å². The Kier molecular flexibility index (Phi) is 4.51. The molecule has 3 amide bonds. The zero-order chi connectivity index (χ0) is 18.2. The third kappa shape index (κ3) is 3.65. The first kappa shape index (κ1) is 17.4. The highest BCUT2D eigenvalue weighted by atomic mass is 32.2. The van der Waals surface area contributed by atoms with E-state index < -0.39 is 15.9 Å². The first-order valence-electron chi connectivity index (χ1n) is 7.99. The molecule has 134 valence electrons. The number of fused-ring (bicyclic) bond motifs is 1. The van der Waals surface area contributed by atoms with Gasteiger partial charge in [-0.15, -0.1) is 0 Å². The molecule has 0 aliphatic carbocycles. The van der Waals surface area contributed by atoms with Gasteiger partial charge < -0.3 is 5.32 Å². The third-order valence-corrected chi connectivity index (χ3v) is 5.48. The number of sulfonamides is 1. The molecule has 9 heteroatoms. The van der Waals surface area contributed by atoms with Crippen LogP contribution in [0.3, 0.4) is 0 Å². The van der Waals surface area contributed by atoms with Crippen molar-refractivity contribution in [1.29, 1.82) is 0 Å². The lowest BCUT2D eigenvalue weighted by Gasteiger charge is -2.29. The van der Waals surface area contributed by atoms with Gasteiger partial charge in [0.2, 0.25) is 27.7 Å². The zero-order valence-corrected chi connectivity index (χ0v) is 14.6. The molecule has 2 aliphatic rings. The Balaban J connectivity index is 1.77. The monoisotopic (exact) mass is 365 g/mol. The molecule has 2 aliphatic heterocycles. The molecule has 8 nitrogen and oxygen atoms in total. The Morgan fingerprint density at radius 1 is 1.16 bits per heavy atom. The standard InChI is InChI=1S/C16H19N3O5S/c1-25(23,24)19-8-2-3-11-4-5-12(9-13(11)19)17-14(20)10-18-15(21)6-7-16(18)22/h4-5,9H,2-3,6-8,10H2,1H3,(H,17,20). The summed E-state index contributed by atoms with van der Waals surface area (Å²) in [4.78, 5) is 36.2. The van der Waals surface area contributed by atoms with Crippen LogP contribution in [0.2, 0.25) is 0 Å². The van der Waals surface area contributed by atoms with Crippen LogP contribution in [0.25, 0.3) is 0 Å². The van der Waals surface area contributed by atoms with E-state index in [1.165, 1.54) is 4.31 Å². The van der Waals surface area contributed by atoms with Crippen molar-refractivity contribution in [2.45, 2.75) is 25.7 Å². The predicted molar refractivity (Wildman–Crippen MR) is 91.5 cm³/mol. The van der Waals surface area contributed by atoms with Gasteiger partial charge in [-0.3, -0.25) is 23.6 Å². The van der Waals surface area contributed by atoms with E-state index >= 15 is 0 Å². The summed E-state index contributed by atoms with van der Waals surface area (Å²) in [6, 6.07) is 5.09. The Labute approximate surface area is 145 Å². The third-order valence-electron chi connectivity index (χ3n) is 4.30. The molecule has 1 aromatic carbocycles. The highest BCUT2D eigenvalue weighted by Crippen LogP contribution is 2.31. The van der Waals surface area contributed by atoms with Crippen molar-refractivity contribution in [3.63, 3.8) is 0 Å². The largest absolute Gasteiger partial charge is 0.324 e. The molecule has 0 atom stereocenters. The number of anilines is 2. The molecule has 1 fully saturated rings. The van der Waals surface area contributed by atoms with Crippen LogP contribution in [-0.2, 0) is 30.8 Å². The van der Waals surface area contributed by atoms with E-state index in [2.05, 4.69) is 5.32 Å². The molecule has 1 aromatic rings. The highest BCUT2D eigenvalue weighted by Gasteiger charge is 2.30. The number of hydrogen-bond acceptors (Lipinski definition) is 5. The fourth-order valence-corrected chi connectivity index (χ4v) is 4.09. The summed E-state index contributed by atoms with van der Waals surface area (Å²) in [5.41, 5.74) is 1.89. The van der Waals surface area contributed by atoms with Crippen LogP contribution < -0.4 is 9.62 Å². The van der Waals surface area contributed by atoms with Gasteiger partial charge in [-0.05, 0) is 30.5 Å². The minimum atomic E-state index is -3.39. The number of likely N-dealkylation sites (tertiary alicyclic amines) is 1. The van der Waals surface area contributed by atoms with Crippen molar-refractivity contribution in [3.8, 4) is 0 Å². The molecular formula is C16H19N3O5S. The van der Waals surface area contributed by atoms with Gasteiger partial charge in [0, 0.05) is 25.1 Å². The molecular weight excluding hydrogens is 346 g/mol. The van der Waals surface area contributed by atoms with Crippen LogP contribution in [0.1, 0.15) is 24.8 Å². The molecule has 0 spiro atoms. The quantitative estimate of drug-likeness (QED) is 0.782. The van der Waals surface area contributed by atoms with Gasteiger partial charge in [0.1, 0.15) is 6.54 Å². The van der Waals surface area contributed by atoms with Gasteiger partial charge in [-0.2, -0.15) is 0 Å². The maximum Gasteiger partial charge on any atom is 0.244 e. The Hall–Kier alpha value is -2.42. The average molecular weight is 365 g/mol. The number of carbonyl (C=O) groups is 3. The molecule has 1 saturated heterocycles. The van der Waals surface area contributed by atoms with E-state index in [4.69, 9.17) is 0 Å². The van der Waals surface area contributed by atoms with Crippen LogP contribution in [-0.4, -0.2) is 50.4 Å². The summed E-state index contributed by atoms with van der Waals surface area (Å²) in [5.74, 6) is -1.20. The normalized spacial score (nSPS) is 17.6. The van der Waals surface area contributed by atoms with Crippen molar-refractivity contribution in [2.24, 2.45) is 0 Å². The maximum atomic E-state index is 12.1. The second-order valence-corrected chi connectivity index (χ2v) is 8.11. The first-order valence-corrected chi connectivity index (χ1v) is 9.84. The highest BCUT2D eigenvalue weighted by molar-refractivity contribution is 7.92. The summed E-state index contributed by atoms with van der Waals surface area (Å²) in [6.45, 7) is 0.0740. The van der Waals surface area contributed by atoms with Gasteiger partial charge >= 0.3 is 0 Å². The zero-order valence-electron chi connectivity index (χ0n) is 13.8. The molecule has 2 heterocycles. The lowest BCUT2D eigenvalue weighted by molar-refractivity contribution is -0.141. The molecule has 0 unspecified atom stereocenters. The smallest absolute Gasteiger partial charge is 0.244 e. The topological polar surface area (TPSA) is 104 Å². The molecule has 0 saturated carbocycles. The number of hydrogen-bond donors (Lipinski definition) is 1. The number of aryl methyl sites for hydroxylation is 1. The van der Waals surface area contributed by atoms with E-state index in [-0.39, 0.29) is 31.2 Å². The molecule has 3 rings (SSSR count). The second-order valence-electron chi connectivity index (χ2n) is 6.20. The van der Waals surface area contributed by atoms with Crippen LogP contribution >= 0.6 is 0 Å². The molecule has 0 bridgehead atoms. The van der Waals surface area contributed by atoms with Gasteiger partial charge in [0.15, 0.2) is 0 Å². The minimum absolute atomic E-state index is 0.133. The van der Waals surface area contributed by atoms with Crippen molar-refractivity contribution in [1.82, 2.24) is 4.90 Å². The van der Waals surface area contributed by atoms with E-state index in [9.17, 15) is 22.8 Å². The van der Waals surface area contributed by atoms with Crippen LogP contribution in [0.4, 0.5) is 11.4 Å². The summed E-state index contributed by atoms with van der Waals surface area (Å²) < 4.78 is 25.2. The van der Waals surface area contributed by atoms with Crippen molar-refractivity contribution < 1.29 is 22.8 Å². The number of nitrogens with one attached hydrogen (secondary N) is 1. The number of rotatable bonds is 4. The average Bonchev–Trinajstić information content (AvgIpc) is 2.85.